The van der Waals surface area contributed by atoms with Gasteiger partial charge in [-0.3, -0.25) is 4.79 Å². The number of methoxy groups -OCH3 is 1. The molecule has 0 radical (unpaired) electrons. The normalized spacial score (nSPS) is 10.7. The van der Waals surface area contributed by atoms with Crippen LogP contribution in [0.15, 0.2) is 6.07 Å². The number of hydrogen-bond donors (Lipinski definition) is 1. The van der Waals surface area contributed by atoms with Crippen LogP contribution in [0.1, 0.15) is 30.6 Å². The van der Waals surface area contributed by atoms with E-state index in [-0.39, 0.29) is 0 Å². The van der Waals surface area contributed by atoms with Crippen LogP contribution in [0.4, 0.5) is 13.2 Å². The maximum Gasteiger partial charge on any atom is 0.254 e. The van der Waals surface area contributed by atoms with Crippen LogP contribution >= 0.6 is 0 Å². The number of ether oxygens (including phenoxy) is 1. The fraction of sp³-hybridized carbons (Fsp3) is 0.462. The second-order valence-electron chi connectivity index (χ2n) is 4.51. The molecule has 0 aliphatic rings. The maximum absolute atomic E-state index is 13.8. The van der Waals surface area contributed by atoms with Gasteiger partial charge in [0, 0.05) is 6.54 Å². The van der Waals surface area contributed by atoms with E-state index in [9.17, 15) is 18.0 Å². The number of nitrogens with one attached hydrogen (secondary N) is 1. The Kier molecular flexibility index (Phi) is 5.20. The Morgan fingerprint density at radius 3 is 2.47 bits per heavy atom. The molecule has 0 bridgehead atoms. The molecule has 0 saturated heterocycles. The molecule has 1 N–H and O–H groups in total. The van der Waals surface area contributed by atoms with Crippen LogP contribution in [-0.4, -0.2) is 19.6 Å². The van der Waals surface area contributed by atoms with E-state index in [1.165, 1.54) is 0 Å². The van der Waals surface area contributed by atoms with Crippen molar-refractivity contribution in [2.24, 2.45) is 5.92 Å². The van der Waals surface area contributed by atoms with E-state index in [0.717, 1.165) is 7.11 Å². The molecular weight excluding hydrogens is 259 g/mol. The Morgan fingerprint density at radius 1 is 1.32 bits per heavy atom. The molecular formula is C13H16F3NO2. The number of benzene rings is 1. The highest BCUT2D eigenvalue weighted by molar-refractivity contribution is 5.95. The van der Waals surface area contributed by atoms with Gasteiger partial charge in [-0.25, -0.2) is 8.78 Å². The molecule has 0 aromatic heterocycles. The zero-order valence-corrected chi connectivity index (χ0v) is 11.0. The van der Waals surface area contributed by atoms with Crippen LogP contribution in [0, 0.1) is 23.4 Å². The minimum absolute atomic E-state index is 0.331. The lowest BCUT2D eigenvalue weighted by Gasteiger charge is -2.10. The third kappa shape index (κ3) is 3.62. The largest absolute Gasteiger partial charge is 0.491 e. The van der Waals surface area contributed by atoms with Crippen LogP contribution in [0.2, 0.25) is 0 Å². The summed E-state index contributed by atoms with van der Waals surface area (Å²) in [6.45, 7) is 4.26. The fourth-order valence-electron chi connectivity index (χ4n) is 1.49. The van der Waals surface area contributed by atoms with Crippen molar-refractivity contribution in [3.05, 3.63) is 29.1 Å². The summed E-state index contributed by atoms with van der Waals surface area (Å²) in [7, 11) is 1.00. The number of halogens is 3. The molecule has 0 atom stereocenters. The minimum atomic E-state index is -1.45. The molecule has 19 heavy (non-hydrogen) atoms. The molecule has 1 aromatic rings. The van der Waals surface area contributed by atoms with Crippen molar-refractivity contribution in [1.29, 1.82) is 0 Å². The molecule has 0 spiro atoms. The molecule has 6 heteroatoms. The number of hydrogen-bond acceptors (Lipinski definition) is 2. The SMILES string of the molecule is COc1c(F)c(F)cc(C(=O)NCCC(C)C)c1F. The first kappa shape index (κ1) is 15.3. The molecule has 106 valence electrons. The van der Waals surface area contributed by atoms with Gasteiger partial charge >= 0.3 is 0 Å². The topological polar surface area (TPSA) is 38.3 Å². The average Bonchev–Trinajstić information content (AvgIpc) is 2.34. The fourth-order valence-corrected chi connectivity index (χ4v) is 1.49. The Morgan fingerprint density at radius 2 is 1.95 bits per heavy atom. The molecule has 0 unspecified atom stereocenters. The van der Waals surface area contributed by atoms with E-state index in [2.05, 4.69) is 10.1 Å². The van der Waals surface area contributed by atoms with Crippen molar-refractivity contribution in [2.75, 3.05) is 13.7 Å². The highest BCUT2D eigenvalue weighted by atomic mass is 19.2. The second kappa shape index (κ2) is 6.45. The zero-order chi connectivity index (χ0) is 14.6. The summed E-state index contributed by atoms with van der Waals surface area (Å²) in [6, 6.07) is 0.526. The molecule has 0 aliphatic heterocycles. The van der Waals surface area contributed by atoms with Crippen molar-refractivity contribution in [3.63, 3.8) is 0 Å². The number of rotatable bonds is 5. The van der Waals surface area contributed by atoms with Crippen molar-refractivity contribution in [1.82, 2.24) is 5.32 Å². The second-order valence-corrected chi connectivity index (χ2v) is 4.51. The Balaban J connectivity index is 2.94. The van der Waals surface area contributed by atoms with Gasteiger partial charge < -0.3 is 10.1 Å². The highest BCUT2D eigenvalue weighted by Gasteiger charge is 2.23. The third-order valence-corrected chi connectivity index (χ3v) is 2.57. The summed E-state index contributed by atoms with van der Waals surface area (Å²) in [5, 5.41) is 2.45. The first-order valence-electron chi connectivity index (χ1n) is 5.88. The Bertz CT molecular complexity index is 475. The van der Waals surface area contributed by atoms with Gasteiger partial charge in [0.15, 0.2) is 17.4 Å². The van der Waals surface area contributed by atoms with Gasteiger partial charge in [-0.2, -0.15) is 4.39 Å². The molecule has 0 saturated carbocycles. The summed E-state index contributed by atoms with van der Waals surface area (Å²) < 4.78 is 44.6. The van der Waals surface area contributed by atoms with Gasteiger partial charge in [-0.15, -0.1) is 0 Å². The van der Waals surface area contributed by atoms with Crippen LogP contribution in [0.5, 0.6) is 5.75 Å². The van der Waals surface area contributed by atoms with Crippen molar-refractivity contribution in [3.8, 4) is 5.75 Å². The summed E-state index contributed by atoms with van der Waals surface area (Å²) in [4.78, 5) is 11.7. The highest BCUT2D eigenvalue weighted by Crippen LogP contribution is 2.26. The average molecular weight is 275 g/mol. The predicted molar refractivity (Wildman–Crippen MR) is 64.7 cm³/mol. The molecule has 0 heterocycles. The van der Waals surface area contributed by atoms with Gasteiger partial charge in [-0.1, -0.05) is 13.8 Å². The maximum atomic E-state index is 13.8. The van der Waals surface area contributed by atoms with Crippen LogP contribution < -0.4 is 10.1 Å². The summed E-state index contributed by atoms with van der Waals surface area (Å²) in [5.74, 6) is -5.30. The molecule has 0 fully saturated rings. The quantitative estimate of drug-likeness (QED) is 0.839. The van der Waals surface area contributed by atoms with Gasteiger partial charge in [-0.05, 0) is 18.4 Å². The molecule has 1 rings (SSSR count). The van der Waals surface area contributed by atoms with Crippen LogP contribution in [0.3, 0.4) is 0 Å². The van der Waals surface area contributed by atoms with Gasteiger partial charge in [0.1, 0.15) is 0 Å². The first-order chi connectivity index (χ1) is 8.88. The van der Waals surface area contributed by atoms with E-state index < -0.39 is 34.7 Å². The van der Waals surface area contributed by atoms with Gasteiger partial charge in [0.25, 0.3) is 5.91 Å². The van der Waals surface area contributed by atoms with Crippen molar-refractivity contribution < 1.29 is 22.7 Å². The number of carbonyl (C=O) groups excluding carboxylic acids is 1. The van der Waals surface area contributed by atoms with Crippen molar-refractivity contribution >= 4 is 5.91 Å². The van der Waals surface area contributed by atoms with E-state index in [4.69, 9.17) is 0 Å². The molecule has 1 aromatic carbocycles. The third-order valence-electron chi connectivity index (χ3n) is 2.57. The lowest BCUT2D eigenvalue weighted by Crippen LogP contribution is -2.26. The number of amides is 1. The Hall–Kier alpha value is -1.72. The summed E-state index contributed by atoms with van der Waals surface area (Å²) >= 11 is 0. The van der Waals surface area contributed by atoms with Crippen molar-refractivity contribution in [2.45, 2.75) is 20.3 Å². The molecule has 0 aliphatic carbocycles. The Labute approximate surface area is 109 Å². The summed E-state index contributed by atoms with van der Waals surface area (Å²) in [5.41, 5.74) is -0.570. The van der Waals surface area contributed by atoms with Crippen LogP contribution in [0.25, 0.3) is 0 Å². The molecule has 1 amide bonds. The summed E-state index contributed by atoms with van der Waals surface area (Å²) in [6.07, 6.45) is 0.703. The van der Waals surface area contributed by atoms with Gasteiger partial charge in [0.2, 0.25) is 5.82 Å². The van der Waals surface area contributed by atoms with E-state index in [1.54, 1.807) is 0 Å². The zero-order valence-electron chi connectivity index (χ0n) is 11.0. The monoisotopic (exact) mass is 275 g/mol. The van der Waals surface area contributed by atoms with E-state index in [1.807, 2.05) is 13.8 Å². The lowest BCUT2D eigenvalue weighted by atomic mass is 10.1. The van der Waals surface area contributed by atoms with E-state index in [0.29, 0.717) is 24.9 Å². The van der Waals surface area contributed by atoms with Crippen LogP contribution in [-0.2, 0) is 0 Å². The standard InChI is InChI=1S/C13H16F3NO2/c1-7(2)4-5-17-13(18)8-6-9(14)11(16)12(19-3)10(8)15/h6-7H,4-5H2,1-3H3,(H,17,18). The predicted octanol–water partition coefficient (Wildman–Crippen LogP) is 2.89. The lowest BCUT2D eigenvalue weighted by molar-refractivity contribution is 0.0946. The minimum Gasteiger partial charge on any atom is -0.491 e. The molecule has 3 nitrogen and oxygen atoms in total. The smallest absolute Gasteiger partial charge is 0.254 e. The van der Waals surface area contributed by atoms with Gasteiger partial charge in [0.05, 0.1) is 12.7 Å². The first-order valence-corrected chi connectivity index (χ1v) is 5.88. The number of carbonyl (C=O) groups is 1. The van der Waals surface area contributed by atoms with E-state index >= 15 is 0 Å².